The molecule has 0 aliphatic rings. The zero-order valence-electron chi connectivity index (χ0n) is 12.0. The van der Waals surface area contributed by atoms with Crippen LogP contribution in [0, 0.1) is 0 Å². The Hall–Kier alpha value is -2.29. The SMILES string of the molecule is O=C(CCCO)N[C@@H](Cc1cccc(OC(F)(F)F)c1)C(=O)O. The topological polar surface area (TPSA) is 95.9 Å². The fourth-order valence-electron chi connectivity index (χ4n) is 1.81. The minimum absolute atomic E-state index is 0.0441. The van der Waals surface area contributed by atoms with Gasteiger partial charge in [-0.25, -0.2) is 4.79 Å². The summed E-state index contributed by atoms with van der Waals surface area (Å²) in [5.41, 5.74) is 0.265. The van der Waals surface area contributed by atoms with Crippen molar-refractivity contribution in [2.45, 2.75) is 31.7 Å². The third-order valence-corrected chi connectivity index (χ3v) is 2.77. The molecule has 1 rings (SSSR count). The van der Waals surface area contributed by atoms with E-state index < -0.39 is 30.0 Å². The second-order valence-electron chi connectivity index (χ2n) is 4.68. The Morgan fingerprint density at radius 1 is 1.30 bits per heavy atom. The van der Waals surface area contributed by atoms with Crippen LogP contribution < -0.4 is 10.1 Å². The third-order valence-electron chi connectivity index (χ3n) is 2.77. The highest BCUT2D eigenvalue weighted by Crippen LogP contribution is 2.23. The quantitative estimate of drug-likeness (QED) is 0.669. The van der Waals surface area contributed by atoms with Gasteiger partial charge in [0.05, 0.1) is 0 Å². The summed E-state index contributed by atoms with van der Waals surface area (Å²) in [4.78, 5) is 22.7. The van der Waals surface area contributed by atoms with Crippen LogP contribution >= 0.6 is 0 Å². The Morgan fingerprint density at radius 2 is 2.00 bits per heavy atom. The Bertz CT molecular complexity index is 547. The van der Waals surface area contributed by atoms with Crippen LogP contribution in [0.5, 0.6) is 5.75 Å². The lowest BCUT2D eigenvalue weighted by Gasteiger charge is -2.15. The number of ether oxygens (including phenoxy) is 1. The smallest absolute Gasteiger partial charge is 0.480 e. The van der Waals surface area contributed by atoms with Gasteiger partial charge in [0, 0.05) is 19.4 Å². The first-order valence-electron chi connectivity index (χ1n) is 6.69. The number of carboxylic acids is 1. The summed E-state index contributed by atoms with van der Waals surface area (Å²) < 4.78 is 40.2. The Kier molecular flexibility index (Phi) is 6.83. The molecule has 0 spiro atoms. The van der Waals surface area contributed by atoms with E-state index in [0.29, 0.717) is 0 Å². The largest absolute Gasteiger partial charge is 0.573 e. The second-order valence-corrected chi connectivity index (χ2v) is 4.68. The summed E-state index contributed by atoms with van der Waals surface area (Å²) >= 11 is 0. The lowest BCUT2D eigenvalue weighted by Crippen LogP contribution is -2.42. The molecule has 0 aromatic heterocycles. The zero-order valence-corrected chi connectivity index (χ0v) is 12.0. The summed E-state index contributed by atoms with van der Waals surface area (Å²) in [5, 5.41) is 20.0. The van der Waals surface area contributed by atoms with Gasteiger partial charge in [0.2, 0.25) is 5.91 Å². The fourth-order valence-corrected chi connectivity index (χ4v) is 1.81. The molecule has 0 aliphatic carbocycles. The second kappa shape index (κ2) is 8.37. The average Bonchev–Trinajstić information content (AvgIpc) is 2.42. The van der Waals surface area contributed by atoms with E-state index in [1.807, 2.05) is 0 Å². The van der Waals surface area contributed by atoms with Crippen molar-refractivity contribution in [3.05, 3.63) is 29.8 Å². The first kappa shape index (κ1) is 18.8. The Morgan fingerprint density at radius 3 is 2.57 bits per heavy atom. The summed E-state index contributed by atoms with van der Waals surface area (Å²) in [6.45, 7) is -0.206. The lowest BCUT2D eigenvalue weighted by atomic mass is 10.1. The molecule has 23 heavy (non-hydrogen) atoms. The van der Waals surface area contributed by atoms with Crippen LogP contribution in [0.1, 0.15) is 18.4 Å². The Balaban J connectivity index is 2.75. The Labute approximate surface area is 129 Å². The number of aliphatic hydroxyl groups excluding tert-OH is 1. The summed E-state index contributed by atoms with van der Waals surface area (Å²) in [6, 6.07) is 3.58. The fraction of sp³-hybridized carbons (Fsp3) is 0.429. The standard InChI is InChI=1S/C14H16F3NO5/c15-14(16,17)23-10-4-1-3-9(7-10)8-11(13(21)22)18-12(20)5-2-6-19/h1,3-4,7,11,19H,2,5-6,8H2,(H,18,20)(H,21,22)/t11-/m0/s1. The first-order valence-corrected chi connectivity index (χ1v) is 6.69. The number of rotatable bonds is 8. The molecular weight excluding hydrogens is 319 g/mol. The van der Waals surface area contributed by atoms with Crippen molar-refractivity contribution in [2.75, 3.05) is 6.61 Å². The van der Waals surface area contributed by atoms with Crippen molar-refractivity contribution in [2.24, 2.45) is 0 Å². The minimum atomic E-state index is -4.84. The zero-order chi connectivity index (χ0) is 17.5. The number of carbonyl (C=O) groups is 2. The maximum Gasteiger partial charge on any atom is 0.573 e. The van der Waals surface area contributed by atoms with Crippen LogP contribution in [-0.4, -0.2) is 41.1 Å². The number of amides is 1. The van der Waals surface area contributed by atoms with Crippen LogP contribution in [0.3, 0.4) is 0 Å². The predicted molar refractivity (Wildman–Crippen MR) is 72.7 cm³/mol. The number of alkyl halides is 3. The van der Waals surface area contributed by atoms with E-state index in [1.54, 1.807) is 0 Å². The van der Waals surface area contributed by atoms with Crippen molar-refractivity contribution >= 4 is 11.9 Å². The molecule has 1 aromatic carbocycles. The molecule has 0 aliphatic heterocycles. The average molecular weight is 335 g/mol. The van der Waals surface area contributed by atoms with Gasteiger partial charge in [-0.3, -0.25) is 4.79 Å². The summed E-state index contributed by atoms with van der Waals surface area (Å²) in [7, 11) is 0. The molecule has 3 N–H and O–H groups in total. The normalized spacial score (nSPS) is 12.5. The monoisotopic (exact) mass is 335 g/mol. The van der Waals surface area contributed by atoms with E-state index in [4.69, 9.17) is 10.2 Å². The first-order chi connectivity index (χ1) is 10.7. The number of hydrogen-bond acceptors (Lipinski definition) is 4. The molecule has 9 heteroatoms. The maximum absolute atomic E-state index is 12.2. The van der Waals surface area contributed by atoms with Crippen LogP contribution in [0.25, 0.3) is 0 Å². The lowest BCUT2D eigenvalue weighted by molar-refractivity contribution is -0.274. The molecule has 1 aromatic rings. The molecule has 128 valence electrons. The highest BCUT2D eigenvalue weighted by molar-refractivity contribution is 5.83. The third kappa shape index (κ3) is 7.50. The van der Waals surface area contributed by atoms with E-state index >= 15 is 0 Å². The highest BCUT2D eigenvalue weighted by atomic mass is 19.4. The molecule has 1 atom stereocenters. The van der Waals surface area contributed by atoms with Gasteiger partial charge in [0.1, 0.15) is 11.8 Å². The van der Waals surface area contributed by atoms with Crippen LogP contribution in [0.4, 0.5) is 13.2 Å². The number of halogens is 3. The number of nitrogens with one attached hydrogen (secondary N) is 1. The number of carboxylic acid groups (broad SMARTS) is 1. The van der Waals surface area contributed by atoms with Crippen LogP contribution in [-0.2, 0) is 16.0 Å². The van der Waals surface area contributed by atoms with E-state index in [9.17, 15) is 22.8 Å². The number of carbonyl (C=O) groups excluding carboxylic acids is 1. The molecule has 6 nitrogen and oxygen atoms in total. The van der Waals surface area contributed by atoms with Gasteiger partial charge in [-0.15, -0.1) is 13.2 Å². The van der Waals surface area contributed by atoms with Gasteiger partial charge >= 0.3 is 12.3 Å². The van der Waals surface area contributed by atoms with E-state index in [1.165, 1.54) is 12.1 Å². The summed E-state index contributed by atoms with van der Waals surface area (Å²) in [5.74, 6) is -2.34. The molecular formula is C14H16F3NO5. The molecule has 0 fully saturated rings. The number of hydrogen-bond donors (Lipinski definition) is 3. The molecule has 0 unspecified atom stereocenters. The van der Waals surface area contributed by atoms with Crippen molar-refractivity contribution in [3.63, 3.8) is 0 Å². The van der Waals surface area contributed by atoms with Crippen molar-refractivity contribution in [1.82, 2.24) is 5.32 Å². The van der Waals surface area contributed by atoms with E-state index in [2.05, 4.69) is 10.1 Å². The van der Waals surface area contributed by atoms with Crippen LogP contribution in [0.15, 0.2) is 24.3 Å². The van der Waals surface area contributed by atoms with Gasteiger partial charge in [-0.1, -0.05) is 12.1 Å². The highest BCUT2D eigenvalue weighted by Gasteiger charge is 2.31. The van der Waals surface area contributed by atoms with Crippen molar-refractivity contribution < 1.29 is 37.7 Å². The molecule has 0 heterocycles. The summed E-state index contributed by atoms with van der Waals surface area (Å²) in [6.07, 6.45) is -4.90. The van der Waals surface area contributed by atoms with Crippen LogP contribution in [0.2, 0.25) is 0 Å². The van der Waals surface area contributed by atoms with Gasteiger partial charge < -0.3 is 20.3 Å². The van der Waals surface area contributed by atoms with Gasteiger partial charge in [-0.05, 0) is 24.1 Å². The molecule has 0 saturated carbocycles. The maximum atomic E-state index is 12.2. The minimum Gasteiger partial charge on any atom is -0.480 e. The molecule has 0 bridgehead atoms. The van der Waals surface area contributed by atoms with Crippen molar-refractivity contribution in [3.8, 4) is 5.75 Å². The van der Waals surface area contributed by atoms with Gasteiger partial charge in [0.15, 0.2) is 0 Å². The van der Waals surface area contributed by atoms with Gasteiger partial charge in [-0.2, -0.15) is 0 Å². The molecule has 0 saturated heterocycles. The number of benzene rings is 1. The number of aliphatic carboxylic acids is 1. The van der Waals surface area contributed by atoms with E-state index in [0.717, 1.165) is 12.1 Å². The van der Waals surface area contributed by atoms with E-state index in [-0.39, 0.29) is 31.4 Å². The predicted octanol–water partition coefficient (Wildman–Crippen LogP) is 1.47. The van der Waals surface area contributed by atoms with Gasteiger partial charge in [0.25, 0.3) is 0 Å². The molecule has 1 amide bonds. The number of aliphatic hydroxyl groups is 1. The molecule has 0 radical (unpaired) electrons. The van der Waals surface area contributed by atoms with Crippen molar-refractivity contribution in [1.29, 1.82) is 0 Å².